The van der Waals surface area contributed by atoms with E-state index in [9.17, 15) is 17.4 Å². The van der Waals surface area contributed by atoms with Crippen LogP contribution in [0.2, 0.25) is 0 Å². The molecule has 0 radical (unpaired) electrons. The van der Waals surface area contributed by atoms with Crippen molar-refractivity contribution in [3.05, 3.63) is 18.0 Å². The van der Waals surface area contributed by atoms with Crippen LogP contribution in [0.5, 0.6) is 0 Å². The number of nitrogens with zero attached hydrogens (tertiary/aromatic N) is 3. The maximum absolute atomic E-state index is 11.9. The quantitative estimate of drug-likeness (QED) is 0.564. The number of fused-ring (bicyclic) bond motifs is 1. The summed E-state index contributed by atoms with van der Waals surface area (Å²) < 4.78 is 49.5. The van der Waals surface area contributed by atoms with Crippen LogP contribution in [0, 0.1) is 23.2 Å². The number of rotatable bonds is 3. The summed E-state index contributed by atoms with van der Waals surface area (Å²) in [6.07, 6.45) is 5.26. The summed E-state index contributed by atoms with van der Waals surface area (Å²) in [4.78, 5) is 2.74. The molecule has 3 heterocycles. The Balaban J connectivity index is 0.000000193. The van der Waals surface area contributed by atoms with Gasteiger partial charge in [0.1, 0.15) is 0 Å². The Morgan fingerprint density at radius 3 is 2.33 bits per heavy atom. The Bertz CT molecular complexity index is 843. The number of aromatic nitrogens is 2. The zero-order valence-electron chi connectivity index (χ0n) is 19.9. The van der Waals surface area contributed by atoms with Crippen LogP contribution in [0.4, 0.5) is 13.2 Å². The van der Waals surface area contributed by atoms with Crippen LogP contribution in [0.3, 0.4) is 0 Å². The van der Waals surface area contributed by atoms with Crippen molar-refractivity contribution in [3.8, 4) is 0 Å². The number of hydrogen-bond donors (Lipinski definition) is 0. The van der Waals surface area contributed by atoms with Gasteiger partial charge in [0.2, 0.25) is 0 Å². The maximum Gasteiger partial charge on any atom is 0.391 e. The fourth-order valence-electron chi connectivity index (χ4n) is 7.16. The molecule has 2 aliphatic heterocycles. The molecule has 1 spiro atoms. The lowest BCUT2D eigenvalue weighted by atomic mass is 9.89. The summed E-state index contributed by atoms with van der Waals surface area (Å²) in [5.41, 5.74) is 1.91. The van der Waals surface area contributed by atoms with E-state index in [0.29, 0.717) is 24.3 Å². The van der Waals surface area contributed by atoms with Crippen molar-refractivity contribution in [2.24, 2.45) is 23.2 Å². The molecule has 0 N–H and O–H groups in total. The topological polar surface area (TPSA) is 38.1 Å². The number of hydrogen-bond acceptors (Lipinski definition) is 3. The zero-order valence-corrected chi connectivity index (χ0v) is 20.7. The van der Waals surface area contributed by atoms with E-state index < -0.39 is 22.9 Å². The van der Waals surface area contributed by atoms with Gasteiger partial charge < -0.3 is 0 Å². The smallest absolute Gasteiger partial charge is 0.300 e. The second-order valence-electron chi connectivity index (χ2n) is 11.6. The lowest BCUT2D eigenvalue weighted by Crippen LogP contribution is -2.47. The Morgan fingerprint density at radius 1 is 1.12 bits per heavy atom. The summed E-state index contributed by atoms with van der Waals surface area (Å²) >= 11 is 0. The molecule has 2 atom stereocenters. The van der Waals surface area contributed by atoms with Crippen LogP contribution < -0.4 is 0 Å². The van der Waals surface area contributed by atoms with Crippen LogP contribution >= 0.6 is 0 Å². The van der Waals surface area contributed by atoms with E-state index in [4.69, 9.17) is 0 Å². The van der Waals surface area contributed by atoms with Gasteiger partial charge in [-0.3, -0.25) is 13.8 Å². The molecule has 5 fully saturated rings. The first-order valence-electron chi connectivity index (χ1n) is 12.9. The third kappa shape index (κ3) is 4.80. The van der Waals surface area contributed by atoms with Crippen molar-refractivity contribution in [2.75, 3.05) is 24.6 Å². The monoisotopic (exact) mass is 485 g/mol. The minimum absolute atomic E-state index is 0.351. The molecule has 2 unspecified atom stereocenters. The largest absolute Gasteiger partial charge is 0.391 e. The molecule has 0 bridgehead atoms. The highest BCUT2D eigenvalue weighted by Crippen LogP contribution is 2.64. The summed E-state index contributed by atoms with van der Waals surface area (Å²) in [6.45, 7) is 6.92. The van der Waals surface area contributed by atoms with Crippen LogP contribution in [-0.4, -0.2) is 55.7 Å². The third-order valence-electron chi connectivity index (χ3n) is 8.94. The molecule has 3 saturated carbocycles. The predicted octanol–water partition coefficient (Wildman–Crippen LogP) is 5.54. The first-order valence-corrected chi connectivity index (χ1v) is 14.3. The van der Waals surface area contributed by atoms with Crippen LogP contribution in [0.1, 0.15) is 82.9 Å². The van der Waals surface area contributed by atoms with Crippen LogP contribution in [-0.2, 0) is 10.8 Å². The fourth-order valence-corrected chi connectivity index (χ4v) is 8.91. The van der Waals surface area contributed by atoms with E-state index in [1.165, 1.54) is 38.0 Å². The van der Waals surface area contributed by atoms with Crippen molar-refractivity contribution < 1.29 is 17.4 Å². The standard InChI is InChI=1S/C18H27N3OS.C7H11F3/c1-12(2)21-16(3-5-19-21)17-14-7-13(8-15(14)17)20-6-4-18(9-20)10-23(22)11-18;8-7(9,10)6-4-2-1-3-5-6/h3,5,12-15,17H,4,6-11H2,1-2H3;6H,1-5H2. The predicted molar refractivity (Wildman–Crippen MR) is 124 cm³/mol. The van der Waals surface area contributed by atoms with E-state index in [1.54, 1.807) is 0 Å². The number of halogens is 3. The van der Waals surface area contributed by atoms with E-state index in [2.05, 4.69) is 34.6 Å². The highest BCUT2D eigenvalue weighted by Gasteiger charge is 2.60. The molecule has 0 amide bonds. The average molecular weight is 486 g/mol. The molecule has 1 aromatic heterocycles. The third-order valence-corrected chi connectivity index (χ3v) is 10.8. The molecular formula is C25H38F3N3OS. The Morgan fingerprint density at radius 2 is 1.79 bits per heavy atom. The maximum atomic E-state index is 11.9. The highest BCUT2D eigenvalue weighted by molar-refractivity contribution is 7.86. The van der Waals surface area contributed by atoms with Gasteiger partial charge in [-0.15, -0.1) is 0 Å². The average Bonchev–Trinajstić information content (AvgIpc) is 3.23. The molecule has 0 aromatic carbocycles. The van der Waals surface area contributed by atoms with Crippen molar-refractivity contribution in [1.29, 1.82) is 0 Å². The van der Waals surface area contributed by atoms with Gasteiger partial charge in [0.25, 0.3) is 0 Å². The van der Waals surface area contributed by atoms with E-state index >= 15 is 0 Å². The number of alkyl halides is 3. The lowest BCUT2D eigenvalue weighted by molar-refractivity contribution is -0.181. The van der Waals surface area contributed by atoms with Crippen molar-refractivity contribution in [2.45, 2.75) is 89.4 Å². The molecule has 3 aliphatic carbocycles. The van der Waals surface area contributed by atoms with E-state index in [0.717, 1.165) is 54.6 Å². The summed E-state index contributed by atoms with van der Waals surface area (Å²) in [6, 6.07) is 3.51. The molecule has 6 rings (SSSR count). The molecule has 186 valence electrons. The fraction of sp³-hybridized carbons (Fsp3) is 0.880. The second-order valence-corrected chi connectivity index (χ2v) is 13.1. The van der Waals surface area contributed by atoms with Crippen molar-refractivity contribution in [1.82, 2.24) is 14.7 Å². The lowest BCUT2D eigenvalue weighted by Gasteiger charge is -2.38. The Hall–Kier alpha value is -0.890. The summed E-state index contributed by atoms with van der Waals surface area (Å²) in [7, 11) is -0.505. The highest BCUT2D eigenvalue weighted by atomic mass is 32.2. The molecule has 8 heteroatoms. The van der Waals surface area contributed by atoms with Gasteiger partial charge in [0.05, 0.1) is 5.92 Å². The number of likely N-dealkylation sites (tertiary alicyclic amines) is 1. The van der Waals surface area contributed by atoms with Gasteiger partial charge in [0, 0.05) is 64.2 Å². The molecular weight excluding hydrogens is 447 g/mol. The van der Waals surface area contributed by atoms with Crippen LogP contribution in [0.15, 0.2) is 12.3 Å². The SMILES string of the molecule is CC(C)n1nccc1C1C2CC(N3CCC4(C3)CS(=O)C4)CC21.FC(F)(F)C1CCCCC1. The van der Waals surface area contributed by atoms with Crippen molar-refractivity contribution in [3.63, 3.8) is 0 Å². The molecule has 5 aliphatic rings. The van der Waals surface area contributed by atoms with Crippen molar-refractivity contribution >= 4 is 10.8 Å². The van der Waals surface area contributed by atoms with Gasteiger partial charge in [-0.2, -0.15) is 18.3 Å². The van der Waals surface area contributed by atoms with Gasteiger partial charge >= 0.3 is 6.18 Å². The normalized spacial score (nSPS) is 38.8. The van der Waals surface area contributed by atoms with Gasteiger partial charge in [-0.25, -0.2) is 0 Å². The minimum Gasteiger partial charge on any atom is -0.300 e. The molecule has 33 heavy (non-hydrogen) atoms. The van der Waals surface area contributed by atoms with Gasteiger partial charge in [-0.1, -0.05) is 19.3 Å². The Labute approximate surface area is 198 Å². The van der Waals surface area contributed by atoms with Crippen LogP contribution in [0.25, 0.3) is 0 Å². The van der Waals surface area contributed by atoms with Gasteiger partial charge in [0.15, 0.2) is 0 Å². The van der Waals surface area contributed by atoms with Gasteiger partial charge in [-0.05, 0) is 70.4 Å². The first-order chi connectivity index (χ1) is 15.7. The minimum atomic E-state index is -3.93. The first kappa shape index (κ1) is 23.8. The van der Waals surface area contributed by atoms with E-state index in [-0.39, 0.29) is 0 Å². The second kappa shape index (κ2) is 8.96. The Kier molecular flexibility index (Phi) is 6.47. The molecule has 1 aromatic rings. The molecule has 2 saturated heterocycles. The summed E-state index contributed by atoms with van der Waals surface area (Å²) in [5, 5.41) is 4.52. The summed E-state index contributed by atoms with van der Waals surface area (Å²) in [5.74, 6) is 3.49. The van der Waals surface area contributed by atoms with E-state index in [1.807, 2.05) is 6.20 Å². The molecule has 4 nitrogen and oxygen atoms in total. The zero-order chi connectivity index (χ0) is 23.4.